The molecule has 34 heavy (non-hydrogen) atoms. The van der Waals surface area contributed by atoms with Crippen molar-refractivity contribution >= 4 is 17.4 Å². The summed E-state index contributed by atoms with van der Waals surface area (Å²) < 4.78 is 10.7. The predicted octanol–water partition coefficient (Wildman–Crippen LogP) is 4.42. The number of hydrogen-bond donors (Lipinski definition) is 0. The van der Waals surface area contributed by atoms with Gasteiger partial charge in [0, 0.05) is 13.6 Å². The minimum absolute atomic E-state index is 0.135. The first-order valence-corrected chi connectivity index (χ1v) is 11.1. The van der Waals surface area contributed by atoms with E-state index >= 15 is 0 Å². The Kier molecular flexibility index (Phi) is 6.68. The summed E-state index contributed by atoms with van der Waals surface area (Å²) in [6.45, 7) is 2.64. The number of benzene rings is 3. The van der Waals surface area contributed by atoms with Crippen molar-refractivity contribution in [1.82, 2.24) is 9.80 Å². The molecule has 0 fully saturated rings. The second-order valence-corrected chi connectivity index (χ2v) is 8.32. The van der Waals surface area contributed by atoms with Crippen molar-refractivity contribution in [3.63, 3.8) is 0 Å². The van der Waals surface area contributed by atoms with Gasteiger partial charge in [-0.05, 0) is 35.7 Å². The quantitative estimate of drug-likeness (QED) is 0.470. The summed E-state index contributed by atoms with van der Waals surface area (Å²) in [6, 6.07) is 23.0. The van der Waals surface area contributed by atoms with Gasteiger partial charge in [-0.25, -0.2) is 0 Å². The molecule has 3 aromatic carbocycles. The minimum atomic E-state index is -0.311. The summed E-state index contributed by atoms with van der Waals surface area (Å²) in [5, 5.41) is 0. The van der Waals surface area contributed by atoms with E-state index < -0.39 is 0 Å². The normalized spacial score (nSPS) is 13.5. The van der Waals surface area contributed by atoms with Crippen molar-refractivity contribution in [3.8, 4) is 11.5 Å². The third-order valence-electron chi connectivity index (χ3n) is 5.92. The summed E-state index contributed by atoms with van der Waals surface area (Å²) in [6.07, 6.45) is 0. The van der Waals surface area contributed by atoms with Gasteiger partial charge in [-0.1, -0.05) is 66.2 Å². The maximum atomic E-state index is 13.6. The highest BCUT2D eigenvalue weighted by Crippen LogP contribution is 2.34. The van der Waals surface area contributed by atoms with Crippen molar-refractivity contribution in [2.75, 3.05) is 21.3 Å². The summed E-state index contributed by atoms with van der Waals surface area (Å²) in [5.41, 5.74) is 4.46. The average Bonchev–Trinajstić information content (AvgIpc) is 3.10. The summed E-state index contributed by atoms with van der Waals surface area (Å²) in [4.78, 5) is 30.4. The Morgan fingerprint density at radius 1 is 0.794 bits per heavy atom. The lowest BCUT2D eigenvalue weighted by Crippen LogP contribution is -2.33. The Morgan fingerprint density at radius 2 is 1.47 bits per heavy atom. The highest BCUT2D eigenvalue weighted by Gasteiger charge is 2.40. The van der Waals surface area contributed by atoms with Crippen molar-refractivity contribution in [3.05, 3.63) is 101 Å². The molecule has 0 atom stereocenters. The summed E-state index contributed by atoms with van der Waals surface area (Å²) in [5.74, 6) is 0.520. The van der Waals surface area contributed by atoms with Gasteiger partial charge in [0.15, 0.2) is 11.5 Å². The number of amides is 2. The third-order valence-corrected chi connectivity index (χ3v) is 5.92. The number of imide groups is 1. The molecule has 0 N–H and O–H groups in total. The number of ether oxygens (including phenoxy) is 2. The van der Waals surface area contributed by atoms with E-state index in [0.29, 0.717) is 29.3 Å². The van der Waals surface area contributed by atoms with Gasteiger partial charge in [0.05, 0.1) is 26.3 Å². The Balaban J connectivity index is 1.70. The summed E-state index contributed by atoms with van der Waals surface area (Å²) >= 11 is 0. The van der Waals surface area contributed by atoms with Gasteiger partial charge in [0.25, 0.3) is 11.8 Å². The fourth-order valence-corrected chi connectivity index (χ4v) is 4.14. The fraction of sp³-hybridized carbons (Fsp3) is 0.214. The van der Waals surface area contributed by atoms with Crippen LogP contribution in [-0.2, 0) is 22.7 Å². The van der Waals surface area contributed by atoms with Crippen molar-refractivity contribution in [1.29, 1.82) is 0 Å². The predicted molar refractivity (Wildman–Crippen MR) is 131 cm³/mol. The lowest BCUT2D eigenvalue weighted by Gasteiger charge is -2.22. The Hall–Kier alpha value is -4.06. The second kappa shape index (κ2) is 9.83. The van der Waals surface area contributed by atoms with Gasteiger partial charge in [-0.15, -0.1) is 0 Å². The number of likely N-dealkylation sites (N-methyl/N-ethyl adjacent to an activating group) is 1. The number of nitrogens with zero attached hydrogens (tertiary/aromatic N) is 2. The zero-order chi connectivity index (χ0) is 24.2. The molecular weight excluding hydrogens is 428 g/mol. The van der Waals surface area contributed by atoms with Crippen LogP contribution in [0, 0.1) is 6.92 Å². The molecule has 0 spiro atoms. The van der Waals surface area contributed by atoms with Crippen LogP contribution in [0.25, 0.3) is 5.57 Å². The van der Waals surface area contributed by atoms with Crippen LogP contribution in [0.4, 0.5) is 0 Å². The lowest BCUT2D eigenvalue weighted by molar-refractivity contribution is -0.138. The first-order chi connectivity index (χ1) is 16.4. The van der Waals surface area contributed by atoms with E-state index in [2.05, 4.69) is 0 Å². The smallest absolute Gasteiger partial charge is 0.278 e. The molecule has 0 aromatic heterocycles. The molecule has 1 aliphatic rings. The number of hydrogen-bond acceptors (Lipinski definition) is 5. The van der Waals surface area contributed by atoms with Crippen LogP contribution in [0.5, 0.6) is 11.5 Å². The monoisotopic (exact) mass is 456 g/mol. The molecule has 3 aromatic rings. The van der Waals surface area contributed by atoms with Gasteiger partial charge in [-0.2, -0.15) is 0 Å². The Bertz CT molecular complexity index is 1230. The van der Waals surface area contributed by atoms with Crippen LogP contribution in [0.2, 0.25) is 0 Å². The van der Waals surface area contributed by atoms with Crippen LogP contribution in [0.1, 0.15) is 22.3 Å². The highest BCUT2D eigenvalue weighted by atomic mass is 16.5. The summed E-state index contributed by atoms with van der Waals surface area (Å²) in [7, 11) is 4.97. The van der Waals surface area contributed by atoms with Crippen LogP contribution in [0.15, 0.2) is 78.5 Å². The minimum Gasteiger partial charge on any atom is -0.493 e. The molecule has 0 aliphatic carbocycles. The SMILES string of the molecule is COc1ccc(CN2C(=O)C(c3ccc(C)cc3)=C(N(C)Cc3ccccc3)C2=O)cc1OC. The van der Waals surface area contributed by atoms with Crippen LogP contribution < -0.4 is 9.47 Å². The van der Waals surface area contributed by atoms with Crippen LogP contribution in [0.3, 0.4) is 0 Å². The van der Waals surface area contributed by atoms with E-state index in [1.165, 1.54) is 4.90 Å². The van der Waals surface area contributed by atoms with Gasteiger partial charge < -0.3 is 14.4 Å². The zero-order valence-electron chi connectivity index (χ0n) is 19.9. The maximum Gasteiger partial charge on any atom is 0.278 e. The topological polar surface area (TPSA) is 59.1 Å². The first-order valence-electron chi connectivity index (χ1n) is 11.1. The molecular formula is C28H28N2O4. The number of rotatable bonds is 8. The first kappa shape index (κ1) is 23.1. The molecule has 0 saturated carbocycles. The number of carbonyl (C=O) groups excluding carboxylic acids is 2. The molecule has 6 heteroatoms. The average molecular weight is 457 g/mol. The molecule has 0 unspecified atom stereocenters. The maximum absolute atomic E-state index is 13.6. The molecule has 4 rings (SSSR count). The third kappa shape index (κ3) is 4.53. The van der Waals surface area contributed by atoms with Gasteiger partial charge in [0.2, 0.25) is 0 Å². The highest BCUT2D eigenvalue weighted by molar-refractivity contribution is 6.35. The van der Waals surface area contributed by atoms with Crippen molar-refractivity contribution < 1.29 is 19.1 Å². The molecule has 1 aliphatic heterocycles. The van der Waals surface area contributed by atoms with Gasteiger partial charge in [-0.3, -0.25) is 14.5 Å². The zero-order valence-corrected chi connectivity index (χ0v) is 19.9. The molecule has 0 saturated heterocycles. The van der Waals surface area contributed by atoms with Crippen molar-refractivity contribution in [2.24, 2.45) is 0 Å². The van der Waals surface area contributed by atoms with E-state index in [4.69, 9.17) is 9.47 Å². The largest absolute Gasteiger partial charge is 0.493 e. The van der Waals surface area contributed by atoms with Crippen LogP contribution >= 0.6 is 0 Å². The van der Waals surface area contributed by atoms with Crippen molar-refractivity contribution in [2.45, 2.75) is 20.0 Å². The van der Waals surface area contributed by atoms with Crippen LogP contribution in [-0.4, -0.2) is 42.9 Å². The molecule has 0 radical (unpaired) electrons. The van der Waals surface area contributed by atoms with Gasteiger partial charge in [0.1, 0.15) is 5.70 Å². The molecule has 174 valence electrons. The molecule has 0 bridgehead atoms. The Labute approximate surface area is 200 Å². The van der Waals surface area contributed by atoms with Gasteiger partial charge >= 0.3 is 0 Å². The standard InChI is InChI=1S/C28H28N2O4/c1-19-10-13-22(14-11-19)25-26(29(2)17-20-8-6-5-7-9-20)28(32)30(27(25)31)18-21-12-15-23(33-3)24(16-21)34-4/h5-16H,17-18H2,1-4H3. The number of methoxy groups -OCH3 is 2. The van der Waals surface area contributed by atoms with E-state index in [9.17, 15) is 9.59 Å². The number of aryl methyl sites for hydroxylation is 1. The number of carbonyl (C=O) groups is 2. The Morgan fingerprint density at radius 3 is 2.12 bits per heavy atom. The fourth-order valence-electron chi connectivity index (χ4n) is 4.14. The second-order valence-electron chi connectivity index (χ2n) is 8.32. The lowest BCUT2D eigenvalue weighted by atomic mass is 10.0. The molecule has 1 heterocycles. The molecule has 6 nitrogen and oxygen atoms in total. The van der Waals surface area contributed by atoms with E-state index in [0.717, 1.165) is 22.3 Å². The van der Waals surface area contributed by atoms with E-state index in [-0.39, 0.29) is 18.4 Å². The van der Waals surface area contributed by atoms with E-state index in [1.54, 1.807) is 26.4 Å². The molecule has 2 amide bonds. The van der Waals surface area contributed by atoms with E-state index in [1.807, 2.05) is 79.5 Å².